The summed E-state index contributed by atoms with van der Waals surface area (Å²) >= 11 is 6.01. The number of nitrogens with one attached hydrogen (secondary N) is 2. The molecule has 0 aliphatic heterocycles. The molecule has 0 unspecified atom stereocenters. The van der Waals surface area contributed by atoms with Crippen molar-refractivity contribution in [1.29, 1.82) is 0 Å². The molecule has 110 valence electrons. The highest BCUT2D eigenvalue weighted by molar-refractivity contribution is 6.31. The Morgan fingerprint density at radius 3 is 2.67 bits per heavy atom. The van der Waals surface area contributed by atoms with E-state index in [1.54, 1.807) is 6.07 Å². The number of benzene rings is 2. The summed E-state index contributed by atoms with van der Waals surface area (Å²) in [4.78, 5) is 11.6. The van der Waals surface area contributed by atoms with E-state index in [4.69, 9.17) is 16.3 Å². The van der Waals surface area contributed by atoms with Crippen molar-refractivity contribution < 1.29 is 9.53 Å². The van der Waals surface area contributed by atoms with Crippen molar-refractivity contribution in [3.05, 3.63) is 59.1 Å². The van der Waals surface area contributed by atoms with Crippen molar-refractivity contribution in [2.75, 3.05) is 18.5 Å². The molecule has 2 aromatic rings. The monoisotopic (exact) mass is 304 g/mol. The SMILES string of the molecule is Cc1ccc(OCCNC(=O)Nc2ccccc2)cc1Cl. The number of anilines is 1. The predicted molar refractivity (Wildman–Crippen MR) is 85.1 cm³/mol. The number of rotatable bonds is 5. The normalized spacial score (nSPS) is 10.0. The van der Waals surface area contributed by atoms with E-state index in [2.05, 4.69) is 10.6 Å². The topological polar surface area (TPSA) is 50.4 Å². The van der Waals surface area contributed by atoms with Gasteiger partial charge >= 0.3 is 6.03 Å². The van der Waals surface area contributed by atoms with Gasteiger partial charge in [-0.1, -0.05) is 35.9 Å². The van der Waals surface area contributed by atoms with Gasteiger partial charge in [0, 0.05) is 10.7 Å². The number of urea groups is 1. The first-order chi connectivity index (χ1) is 10.1. The number of carbonyl (C=O) groups is 1. The van der Waals surface area contributed by atoms with Crippen LogP contribution in [0, 0.1) is 6.92 Å². The van der Waals surface area contributed by atoms with Crippen LogP contribution in [0.1, 0.15) is 5.56 Å². The molecule has 0 aromatic heterocycles. The first-order valence-electron chi connectivity index (χ1n) is 6.64. The van der Waals surface area contributed by atoms with Crippen LogP contribution in [0.3, 0.4) is 0 Å². The first-order valence-corrected chi connectivity index (χ1v) is 7.02. The second kappa shape index (κ2) is 7.55. The van der Waals surface area contributed by atoms with E-state index >= 15 is 0 Å². The Morgan fingerprint density at radius 2 is 1.95 bits per heavy atom. The van der Waals surface area contributed by atoms with Crippen LogP contribution in [-0.4, -0.2) is 19.2 Å². The van der Waals surface area contributed by atoms with Crippen LogP contribution in [-0.2, 0) is 0 Å². The van der Waals surface area contributed by atoms with Crippen LogP contribution in [0.2, 0.25) is 5.02 Å². The lowest BCUT2D eigenvalue weighted by atomic mass is 10.2. The van der Waals surface area contributed by atoms with Gasteiger partial charge in [0.25, 0.3) is 0 Å². The van der Waals surface area contributed by atoms with Crippen LogP contribution in [0.15, 0.2) is 48.5 Å². The first kappa shape index (κ1) is 15.2. The Hall–Kier alpha value is -2.20. The van der Waals surface area contributed by atoms with Crippen LogP contribution >= 0.6 is 11.6 Å². The third-order valence-corrected chi connectivity index (χ3v) is 3.24. The number of ether oxygens (including phenoxy) is 1. The van der Waals surface area contributed by atoms with E-state index in [0.717, 1.165) is 11.3 Å². The van der Waals surface area contributed by atoms with Gasteiger partial charge in [-0.05, 0) is 36.8 Å². The molecule has 0 spiro atoms. The van der Waals surface area contributed by atoms with Crippen molar-refractivity contribution in [3.8, 4) is 5.75 Å². The summed E-state index contributed by atoms with van der Waals surface area (Å²) in [7, 11) is 0. The fraction of sp³-hybridized carbons (Fsp3) is 0.188. The molecule has 0 aliphatic rings. The Morgan fingerprint density at radius 1 is 1.19 bits per heavy atom. The summed E-state index contributed by atoms with van der Waals surface area (Å²) in [6.07, 6.45) is 0. The van der Waals surface area contributed by atoms with Gasteiger partial charge in [-0.3, -0.25) is 0 Å². The third kappa shape index (κ3) is 5.00. The molecule has 2 amide bonds. The van der Waals surface area contributed by atoms with E-state index in [9.17, 15) is 4.79 Å². The molecular weight excluding hydrogens is 288 g/mol. The lowest BCUT2D eigenvalue weighted by Gasteiger charge is -2.09. The average Bonchev–Trinajstić information content (AvgIpc) is 2.48. The van der Waals surface area contributed by atoms with E-state index in [-0.39, 0.29) is 6.03 Å². The third-order valence-electron chi connectivity index (χ3n) is 2.83. The Balaban J connectivity index is 1.69. The molecule has 0 fully saturated rings. The van der Waals surface area contributed by atoms with E-state index in [0.29, 0.717) is 23.9 Å². The number of hydrogen-bond acceptors (Lipinski definition) is 2. The van der Waals surface area contributed by atoms with Crippen molar-refractivity contribution >= 4 is 23.3 Å². The van der Waals surface area contributed by atoms with Crippen molar-refractivity contribution in [3.63, 3.8) is 0 Å². The maximum absolute atomic E-state index is 11.6. The average molecular weight is 305 g/mol. The zero-order valence-corrected chi connectivity index (χ0v) is 12.5. The Bertz CT molecular complexity index is 602. The van der Waals surface area contributed by atoms with Gasteiger partial charge in [-0.2, -0.15) is 0 Å². The van der Waals surface area contributed by atoms with Crippen molar-refractivity contribution in [2.45, 2.75) is 6.92 Å². The number of aryl methyl sites for hydroxylation is 1. The number of carbonyl (C=O) groups excluding carboxylic acids is 1. The molecule has 5 heteroatoms. The summed E-state index contributed by atoms with van der Waals surface area (Å²) in [6, 6.07) is 14.5. The molecule has 0 aliphatic carbocycles. The molecule has 2 rings (SSSR count). The molecule has 0 saturated carbocycles. The number of hydrogen-bond donors (Lipinski definition) is 2. The highest BCUT2D eigenvalue weighted by atomic mass is 35.5. The predicted octanol–water partition coefficient (Wildman–Crippen LogP) is 3.85. The van der Waals surface area contributed by atoms with Crippen LogP contribution < -0.4 is 15.4 Å². The number of halogens is 1. The van der Waals surface area contributed by atoms with Gasteiger partial charge in [0.1, 0.15) is 12.4 Å². The zero-order chi connectivity index (χ0) is 15.1. The van der Waals surface area contributed by atoms with E-state index < -0.39 is 0 Å². The van der Waals surface area contributed by atoms with Gasteiger partial charge in [0.15, 0.2) is 0 Å². The van der Waals surface area contributed by atoms with Crippen LogP contribution in [0.4, 0.5) is 10.5 Å². The molecule has 2 aromatic carbocycles. The lowest BCUT2D eigenvalue weighted by Crippen LogP contribution is -2.32. The standard InChI is InChI=1S/C16H17ClN2O2/c1-12-7-8-14(11-15(12)17)21-10-9-18-16(20)19-13-5-3-2-4-6-13/h2-8,11H,9-10H2,1H3,(H2,18,19,20). The molecule has 0 saturated heterocycles. The molecule has 2 N–H and O–H groups in total. The second-order valence-corrected chi connectivity index (χ2v) is 4.91. The number of amides is 2. The van der Waals surface area contributed by atoms with Crippen LogP contribution in [0.5, 0.6) is 5.75 Å². The summed E-state index contributed by atoms with van der Waals surface area (Å²) < 4.78 is 5.52. The summed E-state index contributed by atoms with van der Waals surface area (Å²) in [5.74, 6) is 0.691. The minimum absolute atomic E-state index is 0.258. The maximum atomic E-state index is 11.6. The van der Waals surface area contributed by atoms with E-state index in [1.807, 2.05) is 49.4 Å². The van der Waals surface area contributed by atoms with Crippen molar-refractivity contribution in [1.82, 2.24) is 5.32 Å². The zero-order valence-electron chi connectivity index (χ0n) is 11.7. The Labute approximate surface area is 129 Å². The summed E-state index contributed by atoms with van der Waals surface area (Å²) in [5, 5.41) is 6.12. The molecule has 0 radical (unpaired) electrons. The van der Waals surface area contributed by atoms with Gasteiger partial charge < -0.3 is 15.4 Å². The molecule has 21 heavy (non-hydrogen) atoms. The molecule has 4 nitrogen and oxygen atoms in total. The Kier molecular flexibility index (Phi) is 5.46. The molecule has 0 heterocycles. The molecule has 0 bridgehead atoms. The second-order valence-electron chi connectivity index (χ2n) is 4.51. The maximum Gasteiger partial charge on any atom is 0.319 e. The minimum atomic E-state index is -0.258. The van der Waals surface area contributed by atoms with Gasteiger partial charge in [0.05, 0.1) is 6.54 Å². The summed E-state index contributed by atoms with van der Waals surface area (Å²) in [5.41, 5.74) is 1.76. The minimum Gasteiger partial charge on any atom is -0.492 e. The summed E-state index contributed by atoms with van der Waals surface area (Å²) in [6.45, 7) is 2.72. The lowest BCUT2D eigenvalue weighted by molar-refractivity contribution is 0.247. The number of para-hydroxylation sites is 1. The quantitative estimate of drug-likeness (QED) is 0.824. The van der Waals surface area contributed by atoms with Crippen molar-refractivity contribution in [2.24, 2.45) is 0 Å². The molecular formula is C16H17ClN2O2. The molecule has 0 atom stereocenters. The van der Waals surface area contributed by atoms with Crippen LogP contribution in [0.25, 0.3) is 0 Å². The highest BCUT2D eigenvalue weighted by Crippen LogP contribution is 2.21. The largest absolute Gasteiger partial charge is 0.492 e. The smallest absolute Gasteiger partial charge is 0.319 e. The fourth-order valence-corrected chi connectivity index (χ4v) is 1.86. The van der Waals surface area contributed by atoms with Gasteiger partial charge in [0.2, 0.25) is 0 Å². The van der Waals surface area contributed by atoms with Gasteiger partial charge in [-0.25, -0.2) is 4.79 Å². The fourth-order valence-electron chi connectivity index (χ4n) is 1.69. The van der Waals surface area contributed by atoms with E-state index in [1.165, 1.54) is 0 Å². The van der Waals surface area contributed by atoms with Gasteiger partial charge in [-0.15, -0.1) is 0 Å². The highest BCUT2D eigenvalue weighted by Gasteiger charge is 2.01.